The molecule has 0 aliphatic carbocycles. The minimum Gasteiger partial charge on any atom is -0.495 e. The molecule has 11 aromatic carbocycles. The molecule has 0 aliphatic heterocycles. The van der Waals surface area contributed by atoms with Crippen LogP contribution in [0, 0.1) is 81.4 Å². The van der Waals surface area contributed by atoms with Gasteiger partial charge in [0.1, 0.15) is 5.75 Å². The Morgan fingerprint density at radius 2 is 0.742 bits per heavy atom. The van der Waals surface area contributed by atoms with Crippen LogP contribution in [-0.2, 0) is 21.1 Å². The molecule has 0 saturated carbocycles. The average molecular weight is 1330 g/mol. The molecule has 5 nitrogen and oxygen atoms in total. The smallest absolute Gasteiger partial charge is 0.495 e. The van der Waals surface area contributed by atoms with E-state index in [-0.39, 0.29) is 21.1 Å². The number of hydrogen-bond acceptors (Lipinski definition) is 3. The molecular formula is C83H68N4OPt. The van der Waals surface area contributed by atoms with Gasteiger partial charge in [0.05, 0.1) is 18.1 Å². The zero-order valence-electron chi connectivity index (χ0n) is 52.2. The van der Waals surface area contributed by atoms with Crippen LogP contribution in [0.4, 0.5) is 0 Å². The van der Waals surface area contributed by atoms with E-state index in [2.05, 4.69) is 268 Å². The normalized spacial score (nSPS) is 11.4. The molecule has 436 valence electrons. The van der Waals surface area contributed by atoms with E-state index in [0.29, 0.717) is 0 Å². The maximum absolute atomic E-state index is 6.04. The number of aryl methyl sites for hydroxylation is 10. The number of methoxy groups -OCH3 is 1. The van der Waals surface area contributed by atoms with Gasteiger partial charge in [-0.1, -0.05) is 178 Å². The summed E-state index contributed by atoms with van der Waals surface area (Å²) in [6.07, 6.45) is 3.78. The van der Waals surface area contributed by atoms with Crippen LogP contribution >= 0.6 is 0 Å². The minimum atomic E-state index is 0. The summed E-state index contributed by atoms with van der Waals surface area (Å²) in [6.45, 7) is 21.9. The molecule has 0 bridgehead atoms. The van der Waals surface area contributed by atoms with E-state index in [4.69, 9.17) is 14.9 Å². The van der Waals surface area contributed by atoms with Gasteiger partial charge in [0.2, 0.25) is 0 Å². The number of aromatic nitrogens is 4. The van der Waals surface area contributed by atoms with E-state index in [1.807, 2.05) is 35.1 Å². The number of pyridine rings is 2. The fourth-order valence-corrected chi connectivity index (χ4v) is 14.3. The largest absolute Gasteiger partial charge is 2.00 e. The predicted molar refractivity (Wildman–Crippen MR) is 370 cm³/mol. The van der Waals surface area contributed by atoms with Gasteiger partial charge in [-0.25, -0.2) is 0 Å². The maximum Gasteiger partial charge on any atom is 2.00 e. The molecule has 0 atom stereocenters. The third-order valence-electron chi connectivity index (χ3n) is 18.0. The van der Waals surface area contributed by atoms with E-state index in [0.717, 1.165) is 50.1 Å². The fraction of sp³-hybridized carbons (Fsp3) is 0.133. The fourth-order valence-electron chi connectivity index (χ4n) is 14.3. The van der Waals surface area contributed by atoms with Gasteiger partial charge in [-0.3, -0.25) is 9.03 Å². The third kappa shape index (κ3) is 10.3. The van der Waals surface area contributed by atoms with Crippen LogP contribution in [0.15, 0.2) is 213 Å². The van der Waals surface area contributed by atoms with Gasteiger partial charge in [-0.2, -0.15) is 46.6 Å². The molecule has 6 heteroatoms. The SMILES string of the molecule is COc1c(-c2ccccc2)cc(C)cc1-c1ccc(-c2cc(C)c(-c3ccc4c(c3)c3ccnn3c3[c-]ccc(-c5ccc(C)cc5C)c43)c(C)c2)cc1.Cc1ccc(-c2cc[c-]c3c2c2ccc(-c4c(C)cc(C)cc4C)cc2c2ccnn32)c(C)c1.[Pt+2]. The van der Waals surface area contributed by atoms with E-state index in [1.54, 1.807) is 7.11 Å². The molecule has 0 saturated heterocycles. The number of nitrogens with zero attached hydrogens (tertiary/aromatic N) is 4. The van der Waals surface area contributed by atoms with Crippen molar-refractivity contribution in [3.05, 3.63) is 280 Å². The molecule has 0 amide bonds. The summed E-state index contributed by atoms with van der Waals surface area (Å²) >= 11 is 0. The van der Waals surface area contributed by atoms with Gasteiger partial charge < -0.3 is 4.74 Å². The standard InChI is InChI=1S/C51H41N2O.C32H27N2.Pt/c1-31-15-21-41(33(3)25-31)42-13-10-14-48-50(42)43-22-20-39(30-46(43)47-23-24-52-53(47)48)49-34(4)28-40(29-35(49)5)36-16-18-38(19-17-36)45-27-32(2)26-44(51(45)54-6)37-11-8-7-9-12-37;1-19-9-11-25(21(3)15-19)26-7-6-8-30-32(26)27-12-10-24(18-28(27)29-13-14-33-34(29)30)31-22(4)16-20(2)17-23(31)5;/h7-13,15-30H,1-6H3;6-7,9-18H,1-5H3;/q2*-1;+2. The van der Waals surface area contributed by atoms with E-state index >= 15 is 0 Å². The summed E-state index contributed by atoms with van der Waals surface area (Å²) in [4.78, 5) is 0. The Bertz CT molecular complexity index is 5250. The van der Waals surface area contributed by atoms with Crippen LogP contribution < -0.4 is 4.74 Å². The Balaban J connectivity index is 0.000000179. The van der Waals surface area contributed by atoms with Crippen LogP contribution in [0.2, 0.25) is 0 Å². The van der Waals surface area contributed by atoms with Crippen LogP contribution in [0.3, 0.4) is 0 Å². The van der Waals surface area contributed by atoms with Crippen molar-refractivity contribution in [3.8, 4) is 83.6 Å². The van der Waals surface area contributed by atoms with Crippen molar-refractivity contribution in [2.75, 3.05) is 7.11 Å². The molecule has 0 spiro atoms. The second-order valence-corrected chi connectivity index (χ2v) is 24.2. The molecular weight excluding hydrogens is 1260 g/mol. The summed E-state index contributed by atoms with van der Waals surface area (Å²) in [7, 11) is 1.76. The van der Waals surface area contributed by atoms with Gasteiger partial charge >= 0.3 is 21.1 Å². The second-order valence-electron chi connectivity index (χ2n) is 24.2. The Morgan fingerprint density at radius 3 is 1.20 bits per heavy atom. The van der Waals surface area contributed by atoms with Crippen LogP contribution in [0.1, 0.15) is 55.6 Å². The first-order valence-electron chi connectivity index (χ1n) is 30.4. The van der Waals surface area contributed by atoms with Crippen LogP contribution in [0.25, 0.3) is 132 Å². The molecule has 89 heavy (non-hydrogen) atoms. The minimum absolute atomic E-state index is 0. The van der Waals surface area contributed by atoms with Crippen LogP contribution in [0.5, 0.6) is 5.75 Å². The summed E-state index contributed by atoms with van der Waals surface area (Å²) in [6, 6.07) is 79.9. The van der Waals surface area contributed by atoms with Crippen molar-refractivity contribution in [2.24, 2.45) is 0 Å². The average Bonchev–Trinajstić information content (AvgIpc) is 1.78. The molecule has 15 rings (SSSR count). The van der Waals surface area contributed by atoms with Gasteiger partial charge in [0.25, 0.3) is 0 Å². The first kappa shape index (κ1) is 58.4. The van der Waals surface area contributed by atoms with E-state index in [9.17, 15) is 0 Å². The first-order chi connectivity index (χ1) is 42.7. The van der Waals surface area contributed by atoms with Crippen molar-refractivity contribution in [2.45, 2.75) is 69.2 Å². The summed E-state index contributed by atoms with van der Waals surface area (Å²) in [5.41, 5.74) is 33.8. The molecule has 0 unspecified atom stereocenters. The Morgan fingerprint density at radius 1 is 0.326 bits per heavy atom. The van der Waals surface area contributed by atoms with Gasteiger partial charge in [0.15, 0.2) is 0 Å². The van der Waals surface area contributed by atoms with Gasteiger partial charge in [-0.05, 0) is 222 Å². The topological polar surface area (TPSA) is 43.8 Å². The van der Waals surface area contributed by atoms with Crippen molar-refractivity contribution in [1.29, 1.82) is 0 Å². The molecule has 0 fully saturated rings. The molecule has 0 N–H and O–H groups in total. The molecule has 4 heterocycles. The van der Waals surface area contributed by atoms with Crippen molar-refractivity contribution >= 4 is 54.4 Å². The number of rotatable bonds is 8. The summed E-state index contributed by atoms with van der Waals surface area (Å²) in [5, 5.41) is 16.7. The molecule has 0 radical (unpaired) electrons. The Hall–Kier alpha value is -9.67. The first-order valence-corrected chi connectivity index (χ1v) is 30.4. The Labute approximate surface area is 536 Å². The quantitative estimate of drug-likeness (QED) is 0.112. The number of fused-ring (bicyclic) bond motifs is 12. The number of ether oxygens (including phenoxy) is 1. The Kier molecular flexibility index (Phi) is 15.4. The molecule has 4 aromatic heterocycles. The summed E-state index contributed by atoms with van der Waals surface area (Å²) < 4.78 is 10.1. The van der Waals surface area contributed by atoms with Gasteiger partial charge in [0, 0.05) is 23.5 Å². The summed E-state index contributed by atoms with van der Waals surface area (Å²) in [5.74, 6) is 0.895. The van der Waals surface area contributed by atoms with E-state index in [1.165, 1.54) is 144 Å². The maximum atomic E-state index is 6.04. The third-order valence-corrected chi connectivity index (χ3v) is 18.0. The van der Waals surface area contributed by atoms with Crippen molar-refractivity contribution in [1.82, 2.24) is 19.2 Å². The molecule has 0 aliphatic rings. The molecule has 15 aromatic rings. The van der Waals surface area contributed by atoms with E-state index < -0.39 is 0 Å². The number of hydrogen-bond donors (Lipinski definition) is 0. The van der Waals surface area contributed by atoms with Crippen molar-refractivity contribution in [3.63, 3.8) is 0 Å². The van der Waals surface area contributed by atoms with Crippen LogP contribution in [-0.4, -0.2) is 26.3 Å². The predicted octanol–water partition coefficient (Wildman–Crippen LogP) is 21.6. The zero-order valence-corrected chi connectivity index (χ0v) is 54.5. The van der Waals surface area contributed by atoms with Gasteiger partial charge in [-0.15, -0.1) is 11.1 Å². The second kappa shape index (κ2) is 23.4. The zero-order chi connectivity index (χ0) is 60.6. The monoisotopic (exact) mass is 1330 g/mol. The van der Waals surface area contributed by atoms with Crippen molar-refractivity contribution < 1.29 is 25.8 Å². The number of benzene rings is 11.